The number of halogens is 6. The first-order valence-electron chi connectivity index (χ1n) is 8.71. The summed E-state index contributed by atoms with van der Waals surface area (Å²) in [5, 5.41) is 1.74. The van der Waals surface area contributed by atoms with Crippen LogP contribution >= 0.6 is 0 Å². The van der Waals surface area contributed by atoms with Crippen LogP contribution in [-0.4, -0.2) is 39.3 Å². The van der Waals surface area contributed by atoms with Gasteiger partial charge >= 0.3 is 12.4 Å². The molecule has 0 aliphatic carbocycles. The molecule has 0 fully saturated rings. The highest BCUT2D eigenvalue weighted by Crippen LogP contribution is 2.29. The smallest absolute Gasteiger partial charge is 0.383 e. The van der Waals surface area contributed by atoms with E-state index in [1.165, 1.54) is 36.8 Å². The Bertz CT molecular complexity index is 1070. The number of anilines is 1. The van der Waals surface area contributed by atoms with E-state index in [-0.39, 0.29) is 17.1 Å². The maximum atomic E-state index is 12.5. The molecule has 0 aliphatic heterocycles. The molecule has 3 heterocycles. The number of rotatable bonds is 5. The molecule has 0 unspecified atom stereocenters. The number of carbonyl (C=O) groups excluding carboxylic acids is 1. The zero-order valence-corrected chi connectivity index (χ0v) is 15.6. The normalized spacial score (nSPS) is 12.1. The number of hydrogen-bond donors (Lipinski definition) is 2. The Labute approximate surface area is 171 Å². The van der Waals surface area contributed by atoms with Gasteiger partial charge in [0.15, 0.2) is 0 Å². The van der Waals surface area contributed by atoms with Gasteiger partial charge in [0.1, 0.15) is 18.9 Å². The number of carbonyl (C=O) groups is 1. The number of hydrogen-bond acceptors (Lipinski definition) is 4. The molecular weight excluding hydrogens is 428 g/mol. The van der Waals surface area contributed by atoms with E-state index in [9.17, 15) is 31.1 Å². The number of nitrogens with one attached hydrogen (secondary N) is 1. The molecule has 0 bridgehead atoms. The molecule has 1 amide bonds. The fraction of sp³-hybridized carbons (Fsp3) is 0.211. The second-order valence-electron chi connectivity index (χ2n) is 6.57. The average Bonchev–Trinajstić information content (AvgIpc) is 3.12. The summed E-state index contributed by atoms with van der Waals surface area (Å²) in [5.41, 5.74) is 7.38. The molecule has 0 spiro atoms. The van der Waals surface area contributed by atoms with Gasteiger partial charge in [-0.3, -0.25) is 9.78 Å². The van der Waals surface area contributed by atoms with Gasteiger partial charge in [-0.25, -0.2) is 4.98 Å². The molecule has 3 aromatic heterocycles. The molecule has 0 aromatic carbocycles. The van der Waals surface area contributed by atoms with E-state index >= 15 is 0 Å². The minimum atomic E-state index is -4.54. The van der Waals surface area contributed by atoms with Crippen molar-refractivity contribution in [3.63, 3.8) is 0 Å². The van der Waals surface area contributed by atoms with Crippen LogP contribution in [0.3, 0.4) is 0 Å². The van der Waals surface area contributed by atoms with E-state index < -0.39 is 31.3 Å². The van der Waals surface area contributed by atoms with Gasteiger partial charge < -0.3 is 15.6 Å². The monoisotopic (exact) mass is 443 g/mol. The lowest BCUT2D eigenvalue weighted by Gasteiger charge is -2.10. The van der Waals surface area contributed by atoms with Crippen molar-refractivity contribution in [3.05, 3.63) is 54.6 Å². The molecule has 0 saturated heterocycles. The zero-order chi connectivity index (χ0) is 22.8. The summed E-state index contributed by atoms with van der Waals surface area (Å²) >= 11 is 0. The molecule has 0 aliphatic rings. The van der Waals surface area contributed by atoms with Crippen LogP contribution in [0.2, 0.25) is 0 Å². The highest BCUT2D eigenvalue weighted by Gasteiger charge is 2.28. The van der Waals surface area contributed by atoms with Gasteiger partial charge in [0.05, 0.1) is 11.3 Å². The first-order valence-corrected chi connectivity index (χ1v) is 8.71. The average molecular weight is 443 g/mol. The van der Waals surface area contributed by atoms with Gasteiger partial charge in [0.25, 0.3) is 5.91 Å². The highest BCUT2D eigenvalue weighted by atomic mass is 19.4. The van der Waals surface area contributed by atoms with Crippen molar-refractivity contribution < 1.29 is 31.1 Å². The van der Waals surface area contributed by atoms with Crippen molar-refractivity contribution in [2.24, 2.45) is 0 Å². The Balaban J connectivity index is 1.81. The van der Waals surface area contributed by atoms with E-state index in [1.54, 1.807) is 11.4 Å². The summed E-state index contributed by atoms with van der Waals surface area (Å²) in [4.78, 5) is 19.9. The SMILES string of the molecule is Nc1ncc(-c2ccn(CC(F)(F)F)c2)cc1-c1ccc(C(=O)NCC(F)(F)F)cn1. The van der Waals surface area contributed by atoms with Crippen LogP contribution in [0.4, 0.5) is 32.2 Å². The summed E-state index contributed by atoms with van der Waals surface area (Å²) in [6, 6.07) is 5.72. The largest absolute Gasteiger partial charge is 0.406 e. The molecule has 12 heteroatoms. The molecule has 31 heavy (non-hydrogen) atoms. The van der Waals surface area contributed by atoms with Crippen molar-refractivity contribution >= 4 is 11.7 Å². The van der Waals surface area contributed by atoms with Crippen LogP contribution in [-0.2, 0) is 6.54 Å². The number of aromatic nitrogens is 3. The third-order valence-electron chi connectivity index (χ3n) is 4.12. The number of alkyl halides is 6. The lowest BCUT2D eigenvalue weighted by molar-refractivity contribution is -0.140. The Morgan fingerprint density at radius 1 is 1.00 bits per heavy atom. The highest BCUT2D eigenvalue weighted by molar-refractivity contribution is 5.94. The molecule has 0 saturated carbocycles. The van der Waals surface area contributed by atoms with Crippen LogP contribution in [0.25, 0.3) is 22.4 Å². The summed E-state index contributed by atoms with van der Waals surface area (Å²) < 4.78 is 75.3. The van der Waals surface area contributed by atoms with E-state index in [4.69, 9.17) is 5.73 Å². The Hall–Kier alpha value is -3.57. The Morgan fingerprint density at radius 2 is 1.74 bits per heavy atom. The standard InChI is InChI=1S/C19H15F6N5O/c20-18(21,22)9-29-17(31)11-1-2-15(27-6-11)14-5-13(7-28-16(14)26)12-3-4-30(8-12)10-19(23,24)25/h1-8H,9-10H2,(H2,26,28)(H,29,31). The topological polar surface area (TPSA) is 85.8 Å². The van der Waals surface area contributed by atoms with E-state index in [1.807, 2.05) is 0 Å². The third kappa shape index (κ3) is 5.96. The maximum absolute atomic E-state index is 12.5. The predicted molar refractivity (Wildman–Crippen MR) is 99.7 cm³/mol. The van der Waals surface area contributed by atoms with E-state index in [2.05, 4.69) is 9.97 Å². The van der Waals surface area contributed by atoms with Crippen molar-refractivity contribution in [2.75, 3.05) is 12.3 Å². The van der Waals surface area contributed by atoms with Gasteiger partial charge in [-0.2, -0.15) is 26.3 Å². The zero-order valence-electron chi connectivity index (χ0n) is 15.6. The van der Waals surface area contributed by atoms with Crippen LogP contribution in [0.5, 0.6) is 0 Å². The van der Waals surface area contributed by atoms with Gasteiger partial charge in [-0.05, 0) is 24.3 Å². The van der Waals surface area contributed by atoms with Crippen LogP contribution in [0, 0.1) is 0 Å². The van der Waals surface area contributed by atoms with Crippen LogP contribution < -0.4 is 11.1 Å². The number of nitrogen functional groups attached to an aromatic ring is 1. The molecule has 3 rings (SSSR count). The molecule has 3 aromatic rings. The third-order valence-corrected chi connectivity index (χ3v) is 4.12. The van der Waals surface area contributed by atoms with E-state index in [0.29, 0.717) is 16.7 Å². The first kappa shape index (κ1) is 22.1. The van der Waals surface area contributed by atoms with Crippen molar-refractivity contribution in [3.8, 4) is 22.4 Å². The lowest BCUT2D eigenvalue weighted by Crippen LogP contribution is -2.33. The number of pyridine rings is 2. The number of nitrogens with two attached hydrogens (primary N) is 1. The molecule has 6 nitrogen and oxygen atoms in total. The fourth-order valence-electron chi connectivity index (χ4n) is 2.73. The minimum Gasteiger partial charge on any atom is -0.383 e. The molecular formula is C19H15F6N5O. The van der Waals surface area contributed by atoms with Crippen molar-refractivity contribution in [1.29, 1.82) is 0 Å². The number of nitrogens with zero attached hydrogens (tertiary/aromatic N) is 3. The predicted octanol–water partition coefficient (Wildman–Crippen LogP) is 4.05. The molecule has 164 valence electrons. The molecule has 3 N–H and O–H groups in total. The Kier molecular flexibility index (Phi) is 5.91. The van der Waals surface area contributed by atoms with Gasteiger partial charge in [-0.15, -0.1) is 0 Å². The van der Waals surface area contributed by atoms with E-state index in [0.717, 1.165) is 10.8 Å². The molecule has 0 radical (unpaired) electrons. The quantitative estimate of drug-likeness (QED) is 0.583. The lowest BCUT2D eigenvalue weighted by atomic mass is 10.1. The van der Waals surface area contributed by atoms with Gasteiger partial charge in [0.2, 0.25) is 0 Å². The maximum Gasteiger partial charge on any atom is 0.406 e. The summed E-state index contributed by atoms with van der Waals surface area (Å²) in [6.45, 7) is -2.61. The summed E-state index contributed by atoms with van der Waals surface area (Å²) in [7, 11) is 0. The second-order valence-corrected chi connectivity index (χ2v) is 6.57. The Morgan fingerprint density at radius 3 is 2.35 bits per heavy atom. The summed E-state index contributed by atoms with van der Waals surface area (Å²) in [6.07, 6.45) is -3.82. The number of amides is 1. The van der Waals surface area contributed by atoms with Gasteiger partial charge in [0, 0.05) is 41.5 Å². The van der Waals surface area contributed by atoms with Crippen molar-refractivity contribution in [1.82, 2.24) is 19.9 Å². The fourth-order valence-corrected chi connectivity index (χ4v) is 2.73. The van der Waals surface area contributed by atoms with Gasteiger partial charge in [-0.1, -0.05) is 0 Å². The van der Waals surface area contributed by atoms with Crippen LogP contribution in [0.15, 0.2) is 49.1 Å². The summed E-state index contributed by atoms with van der Waals surface area (Å²) in [5.74, 6) is -0.859. The first-order chi connectivity index (χ1) is 14.4. The minimum absolute atomic E-state index is 0.0834. The molecule has 0 atom stereocenters. The van der Waals surface area contributed by atoms with Crippen LogP contribution in [0.1, 0.15) is 10.4 Å². The second kappa shape index (κ2) is 8.28. The van der Waals surface area contributed by atoms with Crippen molar-refractivity contribution in [2.45, 2.75) is 18.9 Å².